The van der Waals surface area contributed by atoms with Crippen LogP contribution >= 0.6 is 0 Å². The van der Waals surface area contributed by atoms with E-state index in [1.807, 2.05) is 19.0 Å². The number of anilines is 1. The number of ether oxygens (including phenoxy) is 2. The van der Waals surface area contributed by atoms with Crippen molar-refractivity contribution in [2.75, 3.05) is 52.8 Å². The number of aliphatic imine (C=N–C) groups is 1. The summed E-state index contributed by atoms with van der Waals surface area (Å²) in [5.41, 5.74) is 2.98. The lowest BCUT2D eigenvalue weighted by molar-refractivity contribution is -0.384. The van der Waals surface area contributed by atoms with Crippen molar-refractivity contribution in [2.45, 2.75) is 5.92 Å². The first kappa shape index (κ1) is 26.8. The number of likely N-dealkylation sites (N-methyl/N-ethyl adjacent to an activating group) is 2. The molecule has 3 aromatic rings. The Balaban J connectivity index is 1.52. The molecule has 11 heteroatoms. The van der Waals surface area contributed by atoms with Gasteiger partial charge in [-0.15, -0.1) is 0 Å². The minimum Gasteiger partial charge on any atom is -0.486 e. The smallest absolute Gasteiger partial charge is 0.271 e. The summed E-state index contributed by atoms with van der Waals surface area (Å²) in [6, 6.07) is 16.5. The Kier molecular flexibility index (Phi) is 7.47. The summed E-state index contributed by atoms with van der Waals surface area (Å²) in [6.45, 7) is 2.18. The van der Waals surface area contributed by atoms with Crippen molar-refractivity contribution < 1.29 is 24.0 Å². The minimum atomic E-state index is -0.822. The highest BCUT2D eigenvalue weighted by Crippen LogP contribution is 2.40. The minimum absolute atomic E-state index is 0.102. The third-order valence-corrected chi connectivity index (χ3v) is 6.78. The Labute approximate surface area is 231 Å². The standard InChI is InChI=1S/C29H29N5O6/c1-32(2)12-13-33(3)29(36)18-4-7-20(8-5-18)30-27(19-6-11-24-25(16-19)40-15-14-39-24)26-22-10-9-21(34(37)38)17-23(22)31-28(26)35/h4-11,16-17,26H,12-15H2,1-3H3,(H,31,35). The number of fused-ring (bicyclic) bond motifs is 2. The van der Waals surface area contributed by atoms with Gasteiger partial charge in [-0.05, 0) is 68.2 Å². The lowest BCUT2D eigenvalue weighted by atomic mass is 9.90. The normalized spacial score (nSPS) is 15.9. The first-order valence-corrected chi connectivity index (χ1v) is 12.8. The molecule has 0 bridgehead atoms. The maximum absolute atomic E-state index is 13.3. The summed E-state index contributed by atoms with van der Waals surface area (Å²) >= 11 is 0. The summed E-state index contributed by atoms with van der Waals surface area (Å²) in [5.74, 6) is -0.131. The lowest BCUT2D eigenvalue weighted by Gasteiger charge is -2.21. The van der Waals surface area contributed by atoms with Crippen LogP contribution in [0.4, 0.5) is 17.1 Å². The number of hydrogen-bond acceptors (Lipinski definition) is 8. The molecular formula is C29H29N5O6. The Bertz CT molecular complexity index is 1500. The number of carbonyl (C=O) groups is 2. The molecule has 1 atom stereocenters. The molecule has 0 aromatic heterocycles. The molecule has 0 radical (unpaired) electrons. The highest BCUT2D eigenvalue weighted by atomic mass is 16.6. The fourth-order valence-corrected chi connectivity index (χ4v) is 4.62. The van der Waals surface area contributed by atoms with Crippen LogP contribution in [0.2, 0.25) is 0 Å². The van der Waals surface area contributed by atoms with Crippen LogP contribution < -0.4 is 14.8 Å². The van der Waals surface area contributed by atoms with Crippen molar-refractivity contribution in [3.8, 4) is 11.5 Å². The van der Waals surface area contributed by atoms with Crippen LogP contribution in [0.3, 0.4) is 0 Å². The number of nitrogens with zero attached hydrogens (tertiary/aromatic N) is 4. The van der Waals surface area contributed by atoms with E-state index in [1.54, 1.807) is 60.5 Å². The van der Waals surface area contributed by atoms with Gasteiger partial charge in [0.25, 0.3) is 11.6 Å². The largest absolute Gasteiger partial charge is 0.486 e. The summed E-state index contributed by atoms with van der Waals surface area (Å²) in [4.78, 5) is 45.5. The monoisotopic (exact) mass is 543 g/mol. The number of amides is 2. The van der Waals surface area contributed by atoms with Crippen molar-refractivity contribution >= 4 is 34.6 Å². The zero-order valence-electron chi connectivity index (χ0n) is 22.4. The van der Waals surface area contributed by atoms with Gasteiger partial charge >= 0.3 is 0 Å². The van der Waals surface area contributed by atoms with Gasteiger partial charge < -0.3 is 24.6 Å². The Morgan fingerprint density at radius 2 is 1.68 bits per heavy atom. The average molecular weight is 544 g/mol. The van der Waals surface area contributed by atoms with Gasteiger partial charge in [0, 0.05) is 43.4 Å². The van der Waals surface area contributed by atoms with E-state index in [0.717, 1.165) is 6.54 Å². The SMILES string of the molecule is CN(C)CCN(C)C(=O)c1ccc(N=C(c2ccc3c(c2)OCCO3)C2C(=O)Nc3cc([N+](=O)[O-])ccc32)cc1. The zero-order chi connectivity index (χ0) is 28.4. The Morgan fingerprint density at radius 3 is 2.38 bits per heavy atom. The summed E-state index contributed by atoms with van der Waals surface area (Å²) < 4.78 is 11.4. The predicted molar refractivity (Wildman–Crippen MR) is 150 cm³/mol. The first-order valence-electron chi connectivity index (χ1n) is 12.8. The second-order valence-corrected chi connectivity index (χ2v) is 9.88. The van der Waals surface area contributed by atoms with Crippen LogP contribution in [0.15, 0.2) is 65.7 Å². The molecule has 0 saturated heterocycles. The molecule has 2 amide bonds. The van der Waals surface area contributed by atoms with E-state index in [4.69, 9.17) is 14.5 Å². The van der Waals surface area contributed by atoms with Gasteiger partial charge in [-0.1, -0.05) is 0 Å². The van der Waals surface area contributed by atoms with Crippen molar-refractivity contribution in [3.63, 3.8) is 0 Å². The number of rotatable bonds is 8. The molecule has 1 unspecified atom stereocenters. The molecule has 11 nitrogen and oxygen atoms in total. The molecule has 2 aliphatic rings. The molecule has 2 aliphatic heterocycles. The second kappa shape index (κ2) is 11.1. The van der Waals surface area contributed by atoms with Crippen molar-refractivity contribution in [3.05, 3.63) is 87.5 Å². The Hall–Kier alpha value is -4.77. The maximum Gasteiger partial charge on any atom is 0.271 e. The molecule has 0 aliphatic carbocycles. The molecule has 3 aromatic carbocycles. The number of carbonyl (C=O) groups excluding carboxylic acids is 2. The number of hydrogen-bond donors (Lipinski definition) is 1. The zero-order valence-corrected chi connectivity index (χ0v) is 22.4. The van der Waals surface area contributed by atoms with E-state index in [0.29, 0.717) is 65.0 Å². The highest BCUT2D eigenvalue weighted by molar-refractivity contribution is 6.24. The van der Waals surface area contributed by atoms with Crippen LogP contribution in [0.25, 0.3) is 0 Å². The Morgan fingerprint density at radius 1 is 0.975 bits per heavy atom. The second-order valence-electron chi connectivity index (χ2n) is 9.88. The molecule has 1 N–H and O–H groups in total. The molecular weight excluding hydrogens is 514 g/mol. The van der Waals surface area contributed by atoms with Gasteiger partial charge in [0.1, 0.15) is 19.1 Å². The fraction of sp³-hybridized carbons (Fsp3) is 0.276. The van der Waals surface area contributed by atoms with E-state index in [9.17, 15) is 19.7 Å². The third kappa shape index (κ3) is 5.50. The lowest BCUT2D eigenvalue weighted by Crippen LogP contribution is -2.33. The fourth-order valence-electron chi connectivity index (χ4n) is 4.62. The van der Waals surface area contributed by atoms with E-state index in [2.05, 4.69) is 5.32 Å². The summed E-state index contributed by atoms with van der Waals surface area (Å²) in [6.07, 6.45) is 0. The van der Waals surface area contributed by atoms with Crippen molar-refractivity contribution in [1.82, 2.24) is 9.80 Å². The van der Waals surface area contributed by atoms with Crippen LogP contribution in [0.5, 0.6) is 11.5 Å². The van der Waals surface area contributed by atoms with E-state index < -0.39 is 10.8 Å². The van der Waals surface area contributed by atoms with E-state index in [1.165, 1.54) is 12.1 Å². The van der Waals surface area contributed by atoms with Crippen molar-refractivity contribution in [1.29, 1.82) is 0 Å². The third-order valence-electron chi connectivity index (χ3n) is 6.78. The van der Waals surface area contributed by atoms with Crippen LogP contribution in [-0.4, -0.2) is 79.7 Å². The molecule has 5 rings (SSSR count). The van der Waals surface area contributed by atoms with Crippen LogP contribution in [0, 0.1) is 10.1 Å². The molecule has 206 valence electrons. The highest BCUT2D eigenvalue weighted by Gasteiger charge is 2.37. The van der Waals surface area contributed by atoms with Gasteiger partial charge in [0.15, 0.2) is 11.5 Å². The summed E-state index contributed by atoms with van der Waals surface area (Å²) in [7, 11) is 5.67. The van der Waals surface area contributed by atoms with Gasteiger partial charge in [0.2, 0.25) is 5.91 Å². The molecule has 2 heterocycles. The number of non-ortho nitro benzene ring substituents is 1. The molecule has 0 saturated carbocycles. The molecule has 0 spiro atoms. The molecule has 0 fully saturated rings. The maximum atomic E-state index is 13.3. The first-order chi connectivity index (χ1) is 19.2. The van der Waals surface area contributed by atoms with Crippen LogP contribution in [0.1, 0.15) is 27.4 Å². The van der Waals surface area contributed by atoms with Gasteiger partial charge in [-0.25, -0.2) is 0 Å². The number of nitro benzene ring substituents is 1. The van der Waals surface area contributed by atoms with Gasteiger partial charge in [-0.3, -0.25) is 24.7 Å². The predicted octanol–water partition coefficient (Wildman–Crippen LogP) is 3.86. The average Bonchev–Trinajstić information content (AvgIpc) is 3.28. The van der Waals surface area contributed by atoms with Crippen LogP contribution in [-0.2, 0) is 4.79 Å². The number of benzene rings is 3. The number of nitro groups is 1. The quantitative estimate of drug-likeness (QED) is 0.260. The van der Waals surface area contributed by atoms with Gasteiger partial charge in [0.05, 0.1) is 22.0 Å². The van der Waals surface area contributed by atoms with E-state index >= 15 is 0 Å². The number of nitrogens with one attached hydrogen (secondary N) is 1. The van der Waals surface area contributed by atoms with Crippen molar-refractivity contribution in [2.24, 2.45) is 4.99 Å². The topological polar surface area (TPSA) is 127 Å². The van der Waals surface area contributed by atoms with Gasteiger partial charge in [-0.2, -0.15) is 0 Å². The summed E-state index contributed by atoms with van der Waals surface area (Å²) in [5, 5.41) is 14.1. The van der Waals surface area contributed by atoms with E-state index in [-0.39, 0.29) is 17.5 Å². The molecule has 40 heavy (non-hydrogen) atoms.